The monoisotopic (exact) mass is 646 g/mol. The zero-order chi connectivity index (χ0) is 31.6. The maximum Gasteiger partial charge on any atom is 0.490 e. The summed E-state index contributed by atoms with van der Waals surface area (Å²) in [5, 5.41) is 24.6. The van der Waals surface area contributed by atoms with Crippen molar-refractivity contribution < 1.29 is 52.2 Å². The predicted molar refractivity (Wildman–Crippen MR) is 145 cm³/mol. The van der Waals surface area contributed by atoms with Gasteiger partial charge in [-0.25, -0.2) is 14.6 Å². The number of hydrogen-bond acceptors (Lipinski definition) is 11. The van der Waals surface area contributed by atoms with Gasteiger partial charge in [-0.05, 0) is 37.3 Å². The fourth-order valence-electron chi connectivity index (χ4n) is 4.57. The van der Waals surface area contributed by atoms with Gasteiger partial charge >= 0.3 is 18.1 Å². The molecule has 3 aliphatic heterocycles. The minimum atomic E-state index is -5.08. The molecule has 14 nitrogen and oxygen atoms in total. The number of amides is 3. The van der Waals surface area contributed by atoms with Gasteiger partial charge in [0.15, 0.2) is 10.8 Å². The van der Waals surface area contributed by atoms with Crippen LogP contribution in [0.25, 0.3) is 0 Å². The van der Waals surface area contributed by atoms with Crippen LogP contribution >= 0.6 is 23.1 Å². The van der Waals surface area contributed by atoms with E-state index in [-0.39, 0.29) is 39.9 Å². The lowest BCUT2D eigenvalue weighted by Crippen LogP contribution is -2.71. The molecule has 2 atom stereocenters. The number of carbonyl (C=O) groups excluding carboxylic acids is 3. The zero-order valence-electron chi connectivity index (χ0n) is 22.3. The van der Waals surface area contributed by atoms with Gasteiger partial charge in [0.25, 0.3) is 11.8 Å². The number of rotatable bonds is 7. The third kappa shape index (κ3) is 6.93. The Morgan fingerprint density at radius 1 is 1.26 bits per heavy atom. The number of halogens is 3. The standard InChI is InChI=1S/C22H24N6O6S2.C2HF3O2/c1-34-26-14(13-9-36-22(23)24-13)17(29)25-15-19(31)28-16(21(32)33)11(8-35-20(15)28)7-10-3-2-6-27(18(10)30)12-4-5-12;3-2(4,5)1(6)7/h7,9,12,15,20H,2-6,8H2,1H3,(H2,23,24)(H,25,29)(H,32,33);(H,6,7)/b10-7+,26-14-;/t15-,20-;/m1./s1. The number of alkyl halides is 3. The highest BCUT2D eigenvalue weighted by Gasteiger charge is 2.54. The van der Waals surface area contributed by atoms with E-state index in [1.807, 2.05) is 4.90 Å². The number of nitrogens with one attached hydrogen (secondary N) is 1. The van der Waals surface area contributed by atoms with Gasteiger partial charge in [0.2, 0.25) is 5.91 Å². The molecule has 4 heterocycles. The van der Waals surface area contributed by atoms with Crippen LogP contribution in [0.2, 0.25) is 0 Å². The number of piperidine rings is 1. The van der Waals surface area contributed by atoms with E-state index >= 15 is 0 Å². The number of carbonyl (C=O) groups is 5. The second-order valence-electron chi connectivity index (χ2n) is 9.54. The lowest BCUT2D eigenvalue weighted by molar-refractivity contribution is -0.192. The first-order valence-electron chi connectivity index (χ1n) is 12.6. The molecule has 2 saturated heterocycles. The second-order valence-corrected chi connectivity index (χ2v) is 11.5. The number of hydrogen-bond donors (Lipinski definition) is 4. The Bertz CT molecular complexity index is 1440. The number of thiazole rings is 1. The van der Waals surface area contributed by atoms with Crippen LogP contribution in [-0.2, 0) is 28.8 Å². The number of fused-ring (bicyclic) bond motifs is 1. The Hall–Kier alpha value is -4.13. The molecule has 5 rings (SSSR count). The van der Waals surface area contributed by atoms with Gasteiger partial charge < -0.3 is 31.0 Å². The van der Waals surface area contributed by atoms with Crippen molar-refractivity contribution in [1.82, 2.24) is 20.1 Å². The van der Waals surface area contributed by atoms with E-state index < -0.39 is 41.3 Å². The highest BCUT2D eigenvalue weighted by molar-refractivity contribution is 8.00. The van der Waals surface area contributed by atoms with Gasteiger partial charge in [0.05, 0.1) is 0 Å². The number of nitrogen functional groups attached to an aromatic ring is 1. The molecule has 3 fully saturated rings. The highest BCUT2D eigenvalue weighted by atomic mass is 32.2. The normalized spacial score (nSPS) is 23.3. The van der Waals surface area contributed by atoms with Gasteiger partial charge in [-0.1, -0.05) is 5.16 Å². The quantitative estimate of drug-likeness (QED) is 0.143. The third-order valence-corrected chi connectivity index (χ3v) is 8.58. The van der Waals surface area contributed by atoms with E-state index in [0.717, 1.165) is 37.1 Å². The Labute approximate surface area is 249 Å². The van der Waals surface area contributed by atoms with Gasteiger partial charge in [0.1, 0.15) is 29.9 Å². The molecule has 0 bridgehead atoms. The number of aliphatic carboxylic acids is 2. The summed E-state index contributed by atoms with van der Waals surface area (Å²) in [6, 6.07) is -0.668. The summed E-state index contributed by atoms with van der Waals surface area (Å²) in [6.45, 7) is 0.719. The number of β-lactam (4-membered cyclic amide) rings is 1. The highest BCUT2D eigenvalue weighted by Crippen LogP contribution is 2.41. The van der Waals surface area contributed by atoms with E-state index in [2.05, 4.69) is 15.5 Å². The van der Waals surface area contributed by atoms with Gasteiger partial charge in [-0.15, -0.1) is 23.1 Å². The zero-order valence-corrected chi connectivity index (χ0v) is 23.9. The Morgan fingerprint density at radius 3 is 2.47 bits per heavy atom. The van der Waals surface area contributed by atoms with Crippen molar-refractivity contribution in [3.05, 3.63) is 34.0 Å². The molecule has 1 aromatic rings. The van der Waals surface area contributed by atoms with E-state index in [1.165, 1.54) is 23.8 Å². The van der Waals surface area contributed by atoms with Gasteiger partial charge in [-0.3, -0.25) is 19.3 Å². The van der Waals surface area contributed by atoms with Crippen LogP contribution in [0.4, 0.5) is 18.3 Å². The van der Waals surface area contributed by atoms with E-state index in [9.17, 15) is 37.5 Å². The third-order valence-electron chi connectivity index (χ3n) is 6.61. The fourth-order valence-corrected chi connectivity index (χ4v) is 6.42. The average Bonchev–Trinajstić information content (AvgIpc) is 3.70. The number of carboxylic acids is 2. The molecule has 0 radical (unpaired) electrons. The first-order valence-corrected chi connectivity index (χ1v) is 14.5. The van der Waals surface area contributed by atoms with Crippen LogP contribution < -0.4 is 11.1 Å². The summed E-state index contributed by atoms with van der Waals surface area (Å²) in [6.07, 6.45) is -0.0454. The van der Waals surface area contributed by atoms with E-state index in [4.69, 9.17) is 20.5 Å². The van der Waals surface area contributed by atoms with Crippen LogP contribution in [0.1, 0.15) is 31.4 Å². The number of aromatic nitrogens is 1. The number of anilines is 1. The van der Waals surface area contributed by atoms with Crippen LogP contribution in [-0.4, -0.2) is 103 Å². The molecule has 0 aromatic carbocycles. The number of oxime groups is 1. The fraction of sp³-hybridized carbons (Fsp3) is 0.458. The molecule has 1 saturated carbocycles. The van der Waals surface area contributed by atoms with Crippen LogP contribution in [0.3, 0.4) is 0 Å². The Kier molecular flexibility index (Phi) is 9.33. The molecule has 1 aromatic heterocycles. The van der Waals surface area contributed by atoms with Crippen molar-refractivity contribution >= 4 is 63.6 Å². The van der Waals surface area contributed by atoms with Gasteiger partial charge in [-0.2, -0.15) is 13.2 Å². The number of allylic oxidation sites excluding steroid dienone is 1. The number of thioether (sulfide) groups is 1. The maximum atomic E-state index is 13.0. The van der Waals surface area contributed by atoms with Crippen molar-refractivity contribution in [2.24, 2.45) is 5.16 Å². The second kappa shape index (κ2) is 12.6. The minimum absolute atomic E-state index is 0.0548. The van der Waals surface area contributed by atoms with Crippen molar-refractivity contribution in [2.75, 3.05) is 25.1 Å². The minimum Gasteiger partial charge on any atom is -0.477 e. The summed E-state index contributed by atoms with van der Waals surface area (Å²) in [5.41, 5.74) is 6.54. The van der Waals surface area contributed by atoms with E-state index in [1.54, 1.807) is 11.5 Å². The summed E-state index contributed by atoms with van der Waals surface area (Å²) in [4.78, 5) is 71.7. The lowest BCUT2D eigenvalue weighted by Gasteiger charge is -2.49. The van der Waals surface area contributed by atoms with Crippen LogP contribution in [0.15, 0.2) is 33.5 Å². The lowest BCUT2D eigenvalue weighted by atomic mass is 9.98. The maximum absolute atomic E-state index is 13.0. The van der Waals surface area contributed by atoms with E-state index in [0.29, 0.717) is 17.6 Å². The molecule has 43 heavy (non-hydrogen) atoms. The molecule has 0 spiro atoms. The largest absolute Gasteiger partial charge is 0.490 e. The van der Waals surface area contributed by atoms with Crippen molar-refractivity contribution in [3.63, 3.8) is 0 Å². The molecule has 1 aliphatic carbocycles. The summed E-state index contributed by atoms with van der Waals surface area (Å²) >= 11 is 2.45. The van der Waals surface area contributed by atoms with Crippen LogP contribution in [0.5, 0.6) is 0 Å². The summed E-state index contributed by atoms with van der Waals surface area (Å²) in [7, 11) is 1.27. The smallest absolute Gasteiger partial charge is 0.477 e. The summed E-state index contributed by atoms with van der Waals surface area (Å²) < 4.78 is 31.7. The van der Waals surface area contributed by atoms with Crippen molar-refractivity contribution in [2.45, 2.75) is 49.3 Å². The number of likely N-dealkylation sites (tertiary alicyclic amines) is 1. The first-order chi connectivity index (χ1) is 20.2. The molecule has 5 N–H and O–H groups in total. The molecular formula is C24H25F3N6O8S2. The molecule has 232 valence electrons. The molecular weight excluding hydrogens is 621 g/mol. The number of nitrogens with two attached hydrogens (primary N) is 1. The SMILES string of the molecule is CO/N=C(\C(=O)N[C@@H]1C(=O)N2C(C(=O)O)=C(/C=C3\CCCN(C4CC4)C3=O)CS[C@H]12)c1csc(N)n1.O=C(O)C(F)(F)F. The van der Waals surface area contributed by atoms with Crippen LogP contribution in [0, 0.1) is 0 Å². The Morgan fingerprint density at radius 2 is 1.93 bits per heavy atom. The average molecular weight is 647 g/mol. The number of nitrogens with zero attached hydrogens (tertiary/aromatic N) is 4. The molecule has 4 aliphatic rings. The summed E-state index contributed by atoms with van der Waals surface area (Å²) in [5.74, 6) is -5.04. The van der Waals surface area contributed by atoms with Crippen molar-refractivity contribution in [3.8, 4) is 0 Å². The number of carboxylic acid groups (broad SMARTS) is 2. The van der Waals surface area contributed by atoms with Gasteiger partial charge in [0, 0.05) is 29.3 Å². The molecule has 3 amide bonds. The topological polar surface area (TPSA) is 205 Å². The van der Waals surface area contributed by atoms with Crippen molar-refractivity contribution in [1.29, 1.82) is 0 Å². The first kappa shape index (κ1) is 31.8. The molecule has 0 unspecified atom stereocenters. The molecule has 19 heteroatoms. The Balaban J connectivity index is 0.000000541. The predicted octanol–water partition coefficient (Wildman–Crippen LogP) is 1.16.